The molecule has 0 aliphatic heterocycles. The Balaban J connectivity index is 1.68. The molecule has 0 saturated carbocycles. The zero-order valence-corrected chi connectivity index (χ0v) is 11.2. The molecule has 0 atom stereocenters. The van der Waals surface area contributed by atoms with Crippen molar-refractivity contribution in [3.05, 3.63) is 78.1 Å². The van der Waals surface area contributed by atoms with E-state index in [-0.39, 0.29) is 5.69 Å². The third kappa shape index (κ3) is 3.33. The number of ether oxygens (including phenoxy) is 1. The third-order valence-corrected chi connectivity index (χ3v) is 2.89. The standard InChI is InChI=1S/C16H13N3O2/c20-16(21-14-9-5-2-6-10-14)15-12-19(18-17-15)11-13-7-3-1-4-8-13/h1-10,12H,11H2. The fraction of sp³-hybridized carbons (Fsp3) is 0.0625. The second kappa shape index (κ2) is 6.00. The van der Waals surface area contributed by atoms with Gasteiger partial charge >= 0.3 is 5.97 Å². The summed E-state index contributed by atoms with van der Waals surface area (Å²) in [6.07, 6.45) is 1.58. The predicted octanol–water partition coefficient (Wildman–Crippen LogP) is 2.55. The summed E-state index contributed by atoms with van der Waals surface area (Å²) in [5, 5.41) is 7.79. The SMILES string of the molecule is O=C(Oc1ccccc1)c1cn(Cc2ccccc2)nn1. The minimum Gasteiger partial charge on any atom is -0.422 e. The minimum absolute atomic E-state index is 0.190. The van der Waals surface area contributed by atoms with E-state index in [0.717, 1.165) is 5.56 Å². The maximum absolute atomic E-state index is 11.9. The Bertz CT molecular complexity index is 724. The molecule has 0 spiro atoms. The number of aromatic nitrogens is 3. The number of para-hydroxylation sites is 1. The maximum atomic E-state index is 11.9. The molecule has 0 bridgehead atoms. The topological polar surface area (TPSA) is 57.0 Å². The van der Waals surface area contributed by atoms with E-state index in [2.05, 4.69) is 10.3 Å². The van der Waals surface area contributed by atoms with Crippen LogP contribution >= 0.6 is 0 Å². The van der Waals surface area contributed by atoms with Crippen LogP contribution in [0.15, 0.2) is 66.9 Å². The van der Waals surface area contributed by atoms with E-state index in [1.165, 1.54) is 0 Å². The summed E-state index contributed by atoms with van der Waals surface area (Å²) in [6, 6.07) is 18.7. The molecule has 0 aliphatic rings. The van der Waals surface area contributed by atoms with Crippen molar-refractivity contribution in [1.29, 1.82) is 0 Å². The van der Waals surface area contributed by atoms with Crippen LogP contribution in [0, 0.1) is 0 Å². The van der Waals surface area contributed by atoms with Crippen LogP contribution in [-0.4, -0.2) is 21.0 Å². The highest BCUT2D eigenvalue weighted by Gasteiger charge is 2.13. The average molecular weight is 279 g/mol. The van der Waals surface area contributed by atoms with Gasteiger partial charge in [0.25, 0.3) is 0 Å². The summed E-state index contributed by atoms with van der Waals surface area (Å²) < 4.78 is 6.82. The Labute approximate surface area is 121 Å². The molecule has 0 aliphatic carbocycles. The van der Waals surface area contributed by atoms with Gasteiger partial charge in [-0.25, -0.2) is 9.48 Å². The van der Waals surface area contributed by atoms with Gasteiger partial charge in [-0.1, -0.05) is 53.7 Å². The van der Waals surface area contributed by atoms with Crippen molar-refractivity contribution in [2.45, 2.75) is 6.54 Å². The third-order valence-electron chi connectivity index (χ3n) is 2.89. The Kier molecular flexibility index (Phi) is 3.73. The van der Waals surface area contributed by atoms with Gasteiger partial charge in [0.1, 0.15) is 5.75 Å². The smallest absolute Gasteiger partial charge is 0.365 e. The van der Waals surface area contributed by atoms with E-state index < -0.39 is 5.97 Å². The van der Waals surface area contributed by atoms with E-state index in [1.54, 1.807) is 35.1 Å². The largest absolute Gasteiger partial charge is 0.422 e. The monoisotopic (exact) mass is 279 g/mol. The molecular formula is C16H13N3O2. The van der Waals surface area contributed by atoms with E-state index in [1.807, 2.05) is 36.4 Å². The summed E-state index contributed by atoms with van der Waals surface area (Å²) in [7, 11) is 0. The lowest BCUT2D eigenvalue weighted by Gasteiger charge is -2.01. The fourth-order valence-corrected chi connectivity index (χ4v) is 1.89. The molecular weight excluding hydrogens is 266 g/mol. The van der Waals surface area contributed by atoms with Gasteiger partial charge in [0.2, 0.25) is 0 Å². The molecule has 0 N–H and O–H groups in total. The number of carbonyl (C=O) groups is 1. The van der Waals surface area contributed by atoms with Crippen molar-refractivity contribution in [2.24, 2.45) is 0 Å². The summed E-state index contributed by atoms with van der Waals surface area (Å²) in [4.78, 5) is 11.9. The first kappa shape index (κ1) is 13.1. The average Bonchev–Trinajstić information content (AvgIpc) is 2.98. The van der Waals surface area contributed by atoms with Crippen LogP contribution in [0.1, 0.15) is 16.1 Å². The number of hydrogen-bond acceptors (Lipinski definition) is 4. The number of rotatable bonds is 4. The van der Waals surface area contributed by atoms with Gasteiger partial charge in [-0.05, 0) is 17.7 Å². The lowest BCUT2D eigenvalue weighted by molar-refractivity contribution is 0.0728. The Morgan fingerprint density at radius 2 is 1.67 bits per heavy atom. The quantitative estimate of drug-likeness (QED) is 0.544. The molecule has 104 valence electrons. The Morgan fingerprint density at radius 1 is 1.00 bits per heavy atom. The van der Waals surface area contributed by atoms with Crippen LogP contribution in [0.2, 0.25) is 0 Å². The molecule has 2 aromatic carbocycles. The highest BCUT2D eigenvalue weighted by Crippen LogP contribution is 2.10. The summed E-state index contributed by atoms with van der Waals surface area (Å²) in [5.41, 5.74) is 1.28. The molecule has 0 fully saturated rings. The number of benzene rings is 2. The zero-order valence-electron chi connectivity index (χ0n) is 11.2. The van der Waals surface area contributed by atoms with E-state index >= 15 is 0 Å². The molecule has 0 unspecified atom stereocenters. The molecule has 21 heavy (non-hydrogen) atoms. The van der Waals surface area contributed by atoms with Gasteiger partial charge < -0.3 is 4.74 Å². The highest BCUT2D eigenvalue weighted by molar-refractivity contribution is 5.88. The van der Waals surface area contributed by atoms with Crippen LogP contribution in [-0.2, 0) is 6.54 Å². The molecule has 0 amide bonds. The summed E-state index contributed by atoms with van der Waals surface area (Å²) in [5.74, 6) is -0.0272. The lowest BCUT2D eigenvalue weighted by atomic mass is 10.2. The lowest BCUT2D eigenvalue weighted by Crippen LogP contribution is -2.08. The Hall–Kier alpha value is -2.95. The second-order valence-corrected chi connectivity index (χ2v) is 4.49. The Morgan fingerprint density at radius 3 is 2.38 bits per heavy atom. The molecule has 5 nitrogen and oxygen atoms in total. The van der Waals surface area contributed by atoms with Crippen LogP contribution in [0.25, 0.3) is 0 Å². The van der Waals surface area contributed by atoms with Crippen molar-refractivity contribution < 1.29 is 9.53 Å². The van der Waals surface area contributed by atoms with Gasteiger partial charge in [-0.3, -0.25) is 0 Å². The molecule has 0 saturated heterocycles. The van der Waals surface area contributed by atoms with E-state index in [0.29, 0.717) is 12.3 Å². The highest BCUT2D eigenvalue weighted by atomic mass is 16.5. The van der Waals surface area contributed by atoms with Crippen LogP contribution in [0.5, 0.6) is 5.75 Å². The molecule has 3 rings (SSSR count). The van der Waals surface area contributed by atoms with Crippen molar-refractivity contribution in [2.75, 3.05) is 0 Å². The van der Waals surface area contributed by atoms with Crippen molar-refractivity contribution in [3.8, 4) is 5.75 Å². The van der Waals surface area contributed by atoms with Gasteiger partial charge in [0, 0.05) is 0 Å². The first-order valence-electron chi connectivity index (χ1n) is 6.52. The number of nitrogens with zero attached hydrogens (tertiary/aromatic N) is 3. The summed E-state index contributed by atoms with van der Waals surface area (Å²) >= 11 is 0. The first-order valence-corrected chi connectivity index (χ1v) is 6.52. The van der Waals surface area contributed by atoms with Crippen molar-refractivity contribution in [1.82, 2.24) is 15.0 Å². The number of hydrogen-bond donors (Lipinski definition) is 0. The first-order chi connectivity index (χ1) is 10.3. The molecule has 1 heterocycles. The maximum Gasteiger partial charge on any atom is 0.365 e. The number of esters is 1. The molecule has 3 aromatic rings. The van der Waals surface area contributed by atoms with E-state index in [4.69, 9.17) is 4.74 Å². The normalized spacial score (nSPS) is 10.3. The zero-order chi connectivity index (χ0) is 14.5. The van der Waals surface area contributed by atoms with Crippen molar-refractivity contribution >= 4 is 5.97 Å². The predicted molar refractivity (Wildman–Crippen MR) is 77.0 cm³/mol. The van der Waals surface area contributed by atoms with Gasteiger partial charge in [0.15, 0.2) is 5.69 Å². The van der Waals surface area contributed by atoms with Crippen LogP contribution < -0.4 is 4.74 Å². The molecule has 1 aromatic heterocycles. The van der Waals surface area contributed by atoms with Crippen LogP contribution in [0.4, 0.5) is 0 Å². The fourth-order valence-electron chi connectivity index (χ4n) is 1.89. The minimum atomic E-state index is -0.513. The van der Waals surface area contributed by atoms with Gasteiger partial charge in [0.05, 0.1) is 12.7 Å². The molecule has 0 radical (unpaired) electrons. The molecule has 5 heteroatoms. The summed E-state index contributed by atoms with van der Waals surface area (Å²) in [6.45, 7) is 0.562. The van der Waals surface area contributed by atoms with E-state index in [9.17, 15) is 4.79 Å². The second-order valence-electron chi connectivity index (χ2n) is 4.49. The van der Waals surface area contributed by atoms with Crippen molar-refractivity contribution in [3.63, 3.8) is 0 Å². The number of carbonyl (C=O) groups excluding carboxylic acids is 1. The van der Waals surface area contributed by atoms with Gasteiger partial charge in [-0.2, -0.15) is 0 Å². The van der Waals surface area contributed by atoms with Crippen LogP contribution in [0.3, 0.4) is 0 Å². The van der Waals surface area contributed by atoms with Gasteiger partial charge in [-0.15, -0.1) is 5.10 Å².